The Labute approximate surface area is 160 Å². The second kappa shape index (κ2) is 8.87. The molecule has 0 spiro atoms. The first-order valence-corrected chi connectivity index (χ1v) is 10.4. The largest absolute Gasteiger partial charge is 0.459 e. The molecule has 0 heterocycles. The molecule has 2 rings (SSSR count). The quantitative estimate of drug-likeness (QED) is 0.502. The van der Waals surface area contributed by atoms with Crippen LogP contribution in [0.3, 0.4) is 0 Å². The number of ether oxygens (including phenoxy) is 1. The fourth-order valence-electron chi connectivity index (χ4n) is 2.07. The molecule has 9 heteroatoms. The van der Waals surface area contributed by atoms with Crippen LogP contribution in [0.2, 0.25) is 10.0 Å². The molecule has 26 heavy (non-hydrogen) atoms. The van der Waals surface area contributed by atoms with Crippen LogP contribution in [0.1, 0.15) is 12.5 Å². The maximum absolute atomic E-state index is 13.7. The van der Waals surface area contributed by atoms with Gasteiger partial charge in [-0.05, 0) is 43.3 Å². The number of carbonyl (C=O) groups is 1. The molecule has 5 nitrogen and oxygen atoms in total. The average Bonchev–Trinajstić information content (AvgIpc) is 2.55. The van der Waals surface area contributed by atoms with Crippen LogP contribution in [0.15, 0.2) is 42.5 Å². The number of hydrogen-bond acceptors (Lipinski definition) is 4. The van der Waals surface area contributed by atoms with Gasteiger partial charge in [-0.3, -0.25) is 9.36 Å². The molecule has 0 radical (unpaired) electrons. The number of halogens is 3. The topological polar surface area (TPSA) is 64.6 Å². The van der Waals surface area contributed by atoms with Gasteiger partial charge in [0.2, 0.25) is 0 Å². The van der Waals surface area contributed by atoms with E-state index in [9.17, 15) is 13.8 Å². The summed E-state index contributed by atoms with van der Waals surface area (Å²) >= 11 is 11.7. The summed E-state index contributed by atoms with van der Waals surface area (Å²) < 4.78 is 36.6. The molecule has 0 aliphatic rings. The second-order valence-corrected chi connectivity index (χ2v) is 8.53. The van der Waals surface area contributed by atoms with Crippen LogP contribution in [0.4, 0.5) is 4.39 Å². The Morgan fingerprint density at radius 1 is 1.23 bits per heavy atom. The molecule has 0 aliphatic carbocycles. The van der Waals surface area contributed by atoms with Gasteiger partial charge in [-0.2, -0.15) is 0 Å². The highest BCUT2D eigenvalue weighted by Gasteiger charge is 2.26. The molecule has 2 aromatic rings. The zero-order valence-corrected chi connectivity index (χ0v) is 16.4. The van der Waals surface area contributed by atoms with E-state index in [1.807, 2.05) is 0 Å². The van der Waals surface area contributed by atoms with E-state index in [1.165, 1.54) is 31.8 Å². The normalized spacial score (nSPS) is 14.3. The van der Waals surface area contributed by atoms with Crippen molar-refractivity contribution in [2.75, 3.05) is 6.66 Å². The van der Waals surface area contributed by atoms with Crippen molar-refractivity contribution >= 4 is 36.7 Å². The van der Waals surface area contributed by atoms with E-state index in [0.29, 0.717) is 10.8 Å². The van der Waals surface area contributed by atoms with Crippen molar-refractivity contribution in [3.8, 4) is 5.75 Å². The molecular formula is C17H17Cl2FNO4P. The van der Waals surface area contributed by atoms with E-state index in [1.54, 1.807) is 24.3 Å². The smallest absolute Gasteiger partial charge is 0.323 e. The number of esters is 1. The van der Waals surface area contributed by atoms with Gasteiger partial charge in [0.05, 0.1) is 5.02 Å². The third-order valence-corrected chi connectivity index (χ3v) is 5.32. The van der Waals surface area contributed by atoms with Crippen molar-refractivity contribution in [2.45, 2.75) is 19.6 Å². The molecule has 0 saturated heterocycles. The Morgan fingerprint density at radius 2 is 1.88 bits per heavy atom. The Morgan fingerprint density at radius 3 is 2.50 bits per heavy atom. The Balaban J connectivity index is 1.93. The van der Waals surface area contributed by atoms with Crippen molar-refractivity contribution in [1.29, 1.82) is 0 Å². The molecule has 0 bridgehead atoms. The van der Waals surface area contributed by atoms with Crippen molar-refractivity contribution < 1.29 is 23.0 Å². The first kappa shape index (κ1) is 20.7. The van der Waals surface area contributed by atoms with Gasteiger partial charge in [0, 0.05) is 17.3 Å². The molecule has 0 saturated carbocycles. The molecule has 0 fully saturated rings. The first-order chi connectivity index (χ1) is 12.2. The van der Waals surface area contributed by atoms with Gasteiger partial charge < -0.3 is 9.26 Å². The molecule has 0 aromatic heterocycles. The van der Waals surface area contributed by atoms with E-state index < -0.39 is 25.3 Å². The van der Waals surface area contributed by atoms with Crippen molar-refractivity contribution in [3.63, 3.8) is 0 Å². The predicted octanol–water partition coefficient (Wildman–Crippen LogP) is 5.06. The number of rotatable bonds is 7. The Bertz CT molecular complexity index is 812. The van der Waals surface area contributed by atoms with Gasteiger partial charge in [-0.15, -0.1) is 0 Å². The van der Waals surface area contributed by atoms with Crippen LogP contribution in [0, 0.1) is 5.82 Å². The lowest BCUT2D eigenvalue weighted by Crippen LogP contribution is -2.34. The predicted molar refractivity (Wildman–Crippen MR) is 99.4 cm³/mol. The standard InChI is InChI=1S/C17H17Cl2FNO4P/c1-11(17(22)24-10-14-15(19)4-3-5-16(14)20)21-26(2,23)25-13-8-6-12(18)7-9-13/h3-9,11H,10H2,1-2H3,(H,21,23)/t11-,26?/m0/s1. The van der Waals surface area contributed by atoms with Gasteiger partial charge in [-0.25, -0.2) is 9.48 Å². The SMILES string of the molecule is C[C@H](NP(C)(=O)Oc1ccc(Cl)cc1)C(=O)OCc1c(F)cccc1Cl. The molecule has 2 aromatic carbocycles. The molecule has 0 aliphatic heterocycles. The Hall–Kier alpha value is -1.59. The summed E-state index contributed by atoms with van der Waals surface area (Å²) in [4.78, 5) is 12.1. The van der Waals surface area contributed by atoms with Crippen LogP contribution in [0.5, 0.6) is 5.75 Å². The zero-order chi connectivity index (χ0) is 19.3. The summed E-state index contributed by atoms with van der Waals surface area (Å²) in [7, 11) is -3.35. The van der Waals surface area contributed by atoms with Crippen LogP contribution in [-0.4, -0.2) is 18.7 Å². The summed E-state index contributed by atoms with van der Waals surface area (Å²) in [6.07, 6.45) is 0. The minimum atomic E-state index is -3.35. The van der Waals surface area contributed by atoms with Crippen LogP contribution < -0.4 is 9.61 Å². The van der Waals surface area contributed by atoms with Gasteiger partial charge in [0.1, 0.15) is 24.2 Å². The second-order valence-electron chi connectivity index (χ2n) is 5.55. The molecule has 0 amide bonds. The van der Waals surface area contributed by atoms with E-state index in [2.05, 4.69) is 5.09 Å². The van der Waals surface area contributed by atoms with Gasteiger partial charge >= 0.3 is 13.5 Å². The summed E-state index contributed by atoms with van der Waals surface area (Å²) in [5, 5.41) is 3.26. The van der Waals surface area contributed by atoms with E-state index in [-0.39, 0.29) is 17.2 Å². The van der Waals surface area contributed by atoms with Crippen LogP contribution >= 0.6 is 30.7 Å². The van der Waals surface area contributed by atoms with E-state index >= 15 is 0 Å². The average molecular weight is 420 g/mol. The highest BCUT2D eigenvalue weighted by atomic mass is 35.5. The third-order valence-electron chi connectivity index (χ3n) is 3.30. The van der Waals surface area contributed by atoms with Crippen molar-refractivity contribution in [2.24, 2.45) is 0 Å². The van der Waals surface area contributed by atoms with Crippen molar-refractivity contribution in [1.82, 2.24) is 5.09 Å². The minimum absolute atomic E-state index is 0.0758. The third kappa shape index (κ3) is 5.99. The highest BCUT2D eigenvalue weighted by molar-refractivity contribution is 7.56. The van der Waals surface area contributed by atoms with E-state index in [0.717, 1.165) is 0 Å². The van der Waals surface area contributed by atoms with E-state index in [4.69, 9.17) is 32.5 Å². The van der Waals surface area contributed by atoms with Crippen LogP contribution in [0.25, 0.3) is 0 Å². The van der Waals surface area contributed by atoms with Gasteiger partial charge in [0.15, 0.2) is 0 Å². The Kier molecular flexibility index (Phi) is 7.07. The fourth-order valence-corrected chi connectivity index (χ4v) is 3.80. The summed E-state index contributed by atoms with van der Waals surface area (Å²) in [6, 6.07) is 9.52. The molecule has 1 unspecified atom stereocenters. The lowest BCUT2D eigenvalue weighted by Gasteiger charge is -2.20. The summed E-state index contributed by atoms with van der Waals surface area (Å²) in [5.41, 5.74) is 0.0758. The first-order valence-electron chi connectivity index (χ1n) is 7.58. The monoisotopic (exact) mass is 419 g/mol. The highest BCUT2D eigenvalue weighted by Crippen LogP contribution is 2.39. The summed E-state index contributed by atoms with van der Waals surface area (Å²) in [5.74, 6) is -0.948. The molecule has 140 valence electrons. The van der Waals surface area contributed by atoms with Gasteiger partial charge in [-0.1, -0.05) is 29.3 Å². The number of nitrogens with one attached hydrogen (secondary N) is 1. The zero-order valence-electron chi connectivity index (χ0n) is 14.0. The number of benzene rings is 2. The maximum atomic E-state index is 13.7. The molecule has 2 atom stereocenters. The summed E-state index contributed by atoms with van der Waals surface area (Å²) in [6.45, 7) is 2.47. The maximum Gasteiger partial charge on any atom is 0.323 e. The lowest BCUT2D eigenvalue weighted by molar-refractivity contribution is -0.146. The van der Waals surface area contributed by atoms with Gasteiger partial charge in [0.25, 0.3) is 0 Å². The van der Waals surface area contributed by atoms with Crippen molar-refractivity contribution in [3.05, 3.63) is 63.9 Å². The number of carbonyl (C=O) groups excluding carboxylic acids is 1. The molecule has 1 N–H and O–H groups in total. The molecular weight excluding hydrogens is 403 g/mol. The lowest BCUT2D eigenvalue weighted by atomic mass is 10.2. The van der Waals surface area contributed by atoms with Crippen LogP contribution in [-0.2, 0) is 20.7 Å². The fraction of sp³-hybridized carbons (Fsp3) is 0.235. The number of hydrogen-bond donors (Lipinski definition) is 1. The minimum Gasteiger partial charge on any atom is -0.459 e.